The second kappa shape index (κ2) is 3.38. The molecule has 0 aliphatic rings. The molecule has 0 aliphatic heterocycles. The van der Waals surface area contributed by atoms with Gasteiger partial charge in [0.2, 0.25) is 0 Å². The van der Waals surface area contributed by atoms with Gasteiger partial charge in [0, 0.05) is 0 Å². The van der Waals surface area contributed by atoms with Gasteiger partial charge in [-0.05, 0) is 30.2 Å². The van der Waals surface area contributed by atoms with E-state index in [9.17, 15) is 18.0 Å². The molecule has 5 heteroatoms. The molecule has 0 heterocycles. The zero-order valence-corrected chi connectivity index (χ0v) is 7.25. The minimum atomic E-state index is -1.54. The number of carbonyl (C=O) groups excluding carboxylic acids is 1. The van der Waals surface area contributed by atoms with Crippen LogP contribution in [0.15, 0.2) is 6.07 Å². The first-order valence-corrected chi connectivity index (χ1v) is 3.67. The van der Waals surface area contributed by atoms with Gasteiger partial charge in [-0.1, -0.05) is 0 Å². The van der Waals surface area contributed by atoms with Crippen molar-refractivity contribution in [1.82, 2.24) is 0 Å². The first-order chi connectivity index (χ1) is 5.95. The number of carbonyl (C=O) groups is 1. The summed E-state index contributed by atoms with van der Waals surface area (Å²) in [7, 11) is 0. The summed E-state index contributed by atoms with van der Waals surface area (Å²) in [5.41, 5.74) is -1.26. The molecular weight excluding hydrogens is 205 g/mol. The highest BCUT2D eigenvalue weighted by molar-refractivity contribution is 6.67. The molecule has 0 saturated heterocycles. The Morgan fingerprint density at radius 1 is 1.31 bits per heavy atom. The van der Waals surface area contributed by atoms with Gasteiger partial charge in [0.1, 0.15) is 11.4 Å². The van der Waals surface area contributed by atoms with E-state index in [1.165, 1.54) is 6.92 Å². The summed E-state index contributed by atoms with van der Waals surface area (Å²) in [6.07, 6.45) is 0. The van der Waals surface area contributed by atoms with Crippen molar-refractivity contribution in [2.24, 2.45) is 0 Å². The molecule has 0 saturated carbocycles. The minimum absolute atomic E-state index is 0.211. The maximum Gasteiger partial charge on any atom is 0.258 e. The molecule has 0 atom stereocenters. The van der Waals surface area contributed by atoms with Crippen molar-refractivity contribution in [3.05, 3.63) is 34.6 Å². The highest BCUT2D eigenvalue weighted by Crippen LogP contribution is 2.20. The van der Waals surface area contributed by atoms with Gasteiger partial charge in [-0.25, -0.2) is 13.2 Å². The molecule has 1 nitrogen and oxygen atoms in total. The Morgan fingerprint density at radius 2 is 1.85 bits per heavy atom. The van der Waals surface area contributed by atoms with Crippen LogP contribution in [0.25, 0.3) is 0 Å². The van der Waals surface area contributed by atoms with E-state index in [4.69, 9.17) is 11.6 Å². The number of rotatable bonds is 1. The fourth-order valence-corrected chi connectivity index (χ4v) is 1.07. The van der Waals surface area contributed by atoms with E-state index in [2.05, 4.69) is 0 Å². The van der Waals surface area contributed by atoms with E-state index in [1.54, 1.807) is 0 Å². The lowest BCUT2D eigenvalue weighted by Crippen LogP contribution is -2.04. The van der Waals surface area contributed by atoms with Gasteiger partial charge < -0.3 is 0 Å². The van der Waals surface area contributed by atoms with E-state index in [-0.39, 0.29) is 5.56 Å². The fourth-order valence-electron chi connectivity index (χ4n) is 0.893. The normalized spacial score (nSPS) is 10.2. The number of aryl methyl sites for hydroxylation is 1. The van der Waals surface area contributed by atoms with Gasteiger partial charge in [0.15, 0.2) is 11.6 Å². The van der Waals surface area contributed by atoms with Gasteiger partial charge in [-0.3, -0.25) is 4.79 Å². The summed E-state index contributed by atoms with van der Waals surface area (Å²) >= 11 is 4.85. The first kappa shape index (κ1) is 10.1. The van der Waals surface area contributed by atoms with Crippen molar-refractivity contribution in [2.45, 2.75) is 6.92 Å². The molecule has 0 aliphatic carbocycles. The summed E-state index contributed by atoms with van der Waals surface area (Å²) in [6, 6.07) is 0.716. The van der Waals surface area contributed by atoms with Gasteiger partial charge in [-0.15, -0.1) is 0 Å². The van der Waals surface area contributed by atoms with Crippen LogP contribution in [0.3, 0.4) is 0 Å². The Hall–Kier alpha value is -1.03. The third-order valence-electron chi connectivity index (χ3n) is 1.54. The van der Waals surface area contributed by atoms with Gasteiger partial charge in [-0.2, -0.15) is 0 Å². The average Bonchev–Trinajstić information content (AvgIpc) is 1.99. The minimum Gasteiger partial charge on any atom is -0.275 e. The molecule has 1 aromatic rings. The highest BCUT2D eigenvalue weighted by atomic mass is 35.5. The lowest BCUT2D eigenvalue weighted by Gasteiger charge is -2.02. The molecule has 0 N–H and O–H groups in total. The summed E-state index contributed by atoms with van der Waals surface area (Å²) in [5, 5.41) is -1.35. The van der Waals surface area contributed by atoms with Gasteiger partial charge >= 0.3 is 0 Å². The molecule has 0 unspecified atom stereocenters. The van der Waals surface area contributed by atoms with Crippen molar-refractivity contribution in [2.75, 3.05) is 0 Å². The second-order valence-electron chi connectivity index (χ2n) is 2.45. The summed E-state index contributed by atoms with van der Waals surface area (Å²) in [5.74, 6) is -3.96. The van der Waals surface area contributed by atoms with Crippen LogP contribution in [0.1, 0.15) is 15.9 Å². The van der Waals surface area contributed by atoms with Gasteiger partial charge in [0.05, 0.1) is 0 Å². The monoisotopic (exact) mass is 208 g/mol. The standard InChI is InChI=1S/C8H4ClF3O/c1-3-2-4(10)5(8(9)13)7(12)6(3)11/h2H,1H3. The lowest BCUT2D eigenvalue weighted by atomic mass is 10.1. The third kappa shape index (κ3) is 1.67. The predicted molar refractivity (Wildman–Crippen MR) is 41.2 cm³/mol. The number of halogens is 4. The Bertz CT molecular complexity index is 376. The van der Waals surface area contributed by atoms with Gasteiger partial charge in [0.25, 0.3) is 5.24 Å². The topological polar surface area (TPSA) is 17.1 Å². The number of benzene rings is 1. The van der Waals surface area contributed by atoms with Crippen molar-refractivity contribution < 1.29 is 18.0 Å². The van der Waals surface area contributed by atoms with Crippen molar-refractivity contribution in [3.63, 3.8) is 0 Å². The molecule has 0 aromatic heterocycles. The van der Waals surface area contributed by atoms with E-state index in [0.717, 1.165) is 0 Å². The maximum absolute atomic E-state index is 12.9. The molecule has 0 radical (unpaired) electrons. The van der Waals surface area contributed by atoms with E-state index in [0.29, 0.717) is 6.07 Å². The highest BCUT2D eigenvalue weighted by Gasteiger charge is 2.20. The van der Waals surface area contributed by atoms with Crippen LogP contribution in [-0.2, 0) is 0 Å². The first-order valence-electron chi connectivity index (χ1n) is 3.29. The number of hydrogen-bond donors (Lipinski definition) is 0. The largest absolute Gasteiger partial charge is 0.275 e. The molecule has 70 valence electrons. The zero-order valence-electron chi connectivity index (χ0n) is 6.50. The van der Waals surface area contributed by atoms with Crippen LogP contribution in [0, 0.1) is 24.4 Å². The Kier molecular flexibility index (Phi) is 2.61. The van der Waals surface area contributed by atoms with Crippen LogP contribution in [0.5, 0.6) is 0 Å². The fraction of sp³-hybridized carbons (Fsp3) is 0.125. The van der Waals surface area contributed by atoms with E-state index in [1.807, 2.05) is 0 Å². The molecule has 1 rings (SSSR count). The SMILES string of the molecule is Cc1cc(F)c(C(=O)Cl)c(F)c1F. The second-order valence-corrected chi connectivity index (χ2v) is 2.80. The molecule has 13 heavy (non-hydrogen) atoms. The average molecular weight is 209 g/mol. The maximum atomic E-state index is 12.9. The third-order valence-corrected chi connectivity index (χ3v) is 1.73. The predicted octanol–water partition coefficient (Wildman–Crippen LogP) is 2.79. The molecule has 0 fully saturated rings. The Morgan fingerprint density at radius 3 is 2.31 bits per heavy atom. The molecule has 0 bridgehead atoms. The lowest BCUT2D eigenvalue weighted by molar-refractivity contribution is 0.107. The Labute approximate surface area is 77.1 Å². The van der Waals surface area contributed by atoms with E-state index < -0.39 is 28.3 Å². The molecule has 0 amide bonds. The zero-order chi connectivity index (χ0) is 10.2. The van der Waals surface area contributed by atoms with Crippen molar-refractivity contribution in [3.8, 4) is 0 Å². The summed E-state index contributed by atoms with van der Waals surface area (Å²) < 4.78 is 38.5. The molecule has 0 spiro atoms. The number of hydrogen-bond acceptors (Lipinski definition) is 1. The van der Waals surface area contributed by atoms with Crippen LogP contribution in [-0.4, -0.2) is 5.24 Å². The van der Waals surface area contributed by atoms with Crippen LogP contribution >= 0.6 is 11.6 Å². The van der Waals surface area contributed by atoms with Crippen LogP contribution < -0.4 is 0 Å². The van der Waals surface area contributed by atoms with Crippen LogP contribution in [0.4, 0.5) is 13.2 Å². The van der Waals surface area contributed by atoms with E-state index >= 15 is 0 Å². The Balaban J connectivity index is 3.53. The quantitative estimate of drug-likeness (QED) is 0.512. The van der Waals surface area contributed by atoms with Crippen molar-refractivity contribution >= 4 is 16.8 Å². The van der Waals surface area contributed by atoms with Crippen LogP contribution in [0.2, 0.25) is 0 Å². The molecule has 1 aromatic carbocycles. The van der Waals surface area contributed by atoms with Crippen molar-refractivity contribution in [1.29, 1.82) is 0 Å². The molecular formula is C8H4ClF3O. The smallest absolute Gasteiger partial charge is 0.258 e. The summed E-state index contributed by atoms with van der Waals surface area (Å²) in [6.45, 7) is 1.18. The summed E-state index contributed by atoms with van der Waals surface area (Å²) in [4.78, 5) is 10.5.